The van der Waals surface area contributed by atoms with Crippen molar-refractivity contribution >= 4 is 66.6 Å². The molecule has 0 fully saturated rings. The lowest BCUT2D eigenvalue weighted by Crippen LogP contribution is -2.17. The van der Waals surface area contributed by atoms with Crippen LogP contribution in [0.15, 0.2) is 19.9 Å². The largest absolute Gasteiger partial charge is 0.307 e. The van der Waals surface area contributed by atoms with Crippen molar-refractivity contribution in [1.82, 2.24) is 19.5 Å². The molecule has 0 aromatic carbocycles. The Bertz CT molecular complexity index is 1480. The minimum absolute atomic E-state index is 0.00897. The second-order valence-corrected chi connectivity index (χ2v) is 12.4. The lowest BCUT2D eigenvalue weighted by molar-refractivity contribution is 0.594. The van der Waals surface area contributed by atoms with Crippen LogP contribution >= 0.6 is 46.2 Å². The number of thioether (sulfide) groups is 2. The Hall–Kier alpha value is -1.62. The van der Waals surface area contributed by atoms with Crippen LogP contribution in [0.5, 0.6) is 0 Å². The van der Waals surface area contributed by atoms with E-state index in [0.29, 0.717) is 5.16 Å². The van der Waals surface area contributed by atoms with Gasteiger partial charge in [-0.2, -0.15) is 4.98 Å². The van der Waals surface area contributed by atoms with Crippen LogP contribution in [-0.2, 0) is 12.8 Å². The van der Waals surface area contributed by atoms with Crippen molar-refractivity contribution in [2.45, 2.75) is 55.9 Å². The zero-order valence-electron chi connectivity index (χ0n) is 17.1. The van der Waals surface area contributed by atoms with Gasteiger partial charge in [0.15, 0.2) is 10.3 Å². The second kappa shape index (κ2) is 7.47. The molecule has 6 rings (SSSR count). The van der Waals surface area contributed by atoms with Crippen LogP contribution in [0.3, 0.4) is 0 Å². The monoisotopic (exact) mass is 488 g/mol. The van der Waals surface area contributed by atoms with E-state index in [1.165, 1.54) is 16.9 Å². The molecule has 2 aliphatic rings. The van der Waals surface area contributed by atoms with E-state index in [-0.39, 0.29) is 17.2 Å². The topological polar surface area (TPSA) is 80.6 Å². The van der Waals surface area contributed by atoms with Gasteiger partial charge in [-0.1, -0.05) is 23.5 Å². The van der Waals surface area contributed by atoms with Gasteiger partial charge in [0, 0.05) is 21.3 Å². The summed E-state index contributed by atoms with van der Waals surface area (Å²) in [6.45, 7) is 4.06. The summed E-state index contributed by atoms with van der Waals surface area (Å²) >= 11 is 6.58. The molecule has 31 heavy (non-hydrogen) atoms. The van der Waals surface area contributed by atoms with Crippen molar-refractivity contribution in [3.8, 4) is 0 Å². The molecule has 1 atom stereocenters. The number of hydrogen-bond acceptors (Lipinski definition) is 8. The number of thiophene rings is 2. The standard InChI is InChI=1S/C21H20N4O2S4/c1-9-10(2)30-19-14(9)16(26)23-21-25(19)11(8-29-21)7-28-20-22-17(27)15-12-5-3-4-6-13(12)31-18(15)24-20/h11H,3-8H2,1-2H3,(H,22,24,27). The molecule has 1 N–H and O–H groups in total. The van der Waals surface area contributed by atoms with Crippen LogP contribution in [0.2, 0.25) is 0 Å². The van der Waals surface area contributed by atoms with Crippen molar-refractivity contribution in [2.24, 2.45) is 0 Å². The maximum Gasteiger partial charge on any atom is 0.282 e. The van der Waals surface area contributed by atoms with Gasteiger partial charge >= 0.3 is 0 Å². The van der Waals surface area contributed by atoms with Crippen molar-refractivity contribution in [3.05, 3.63) is 41.6 Å². The molecule has 1 unspecified atom stereocenters. The highest BCUT2D eigenvalue weighted by atomic mass is 32.2. The Morgan fingerprint density at radius 2 is 1.97 bits per heavy atom. The minimum Gasteiger partial charge on any atom is -0.307 e. The quantitative estimate of drug-likeness (QED) is 0.333. The number of fused-ring (bicyclic) bond motifs is 6. The first kappa shape index (κ1) is 20.0. The van der Waals surface area contributed by atoms with E-state index in [1.807, 2.05) is 6.92 Å². The van der Waals surface area contributed by atoms with Crippen LogP contribution in [0.4, 0.5) is 0 Å². The number of hydrogen-bond donors (Lipinski definition) is 1. The summed E-state index contributed by atoms with van der Waals surface area (Å²) in [6.07, 6.45) is 4.41. The van der Waals surface area contributed by atoms with Crippen LogP contribution in [0, 0.1) is 13.8 Å². The lowest BCUT2D eigenvalue weighted by atomic mass is 9.97. The summed E-state index contributed by atoms with van der Waals surface area (Å²) in [6, 6.07) is 0.204. The highest BCUT2D eigenvalue weighted by molar-refractivity contribution is 8.00. The molecular weight excluding hydrogens is 469 g/mol. The van der Waals surface area contributed by atoms with Crippen molar-refractivity contribution in [2.75, 3.05) is 11.5 Å². The number of aromatic nitrogens is 4. The van der Waals surface area contributed by atoms with Gasteiger partial charge in [-0.25, -0.2) is 4.98 Å². The maximum atomic E-state index is 12.8. The van der Waals surface area contributed by atoms with E-state index < -0.39 is 0 Å². The first-order valence-corrected chi connectivity index (χ1v) is 13.9. The van der Waals surface area contributed by atoms with Crippen LogP contribution < -0.4 is 11.1 Å². The maximum absolute atomic E-state index is 12.8. The smallest absolute Gasteiger partial charge is 0.282 e. The zero-order chi connectivity index (χ0) is 21.3. The van der Waals surface area contributed by atoms with E-state index in [2.05, 4.69) is 21.5 Å². The number of rotatable bonds is 3. The number of nitrogens with zero attached hydrogens (tertiary/aromatic N) is 3. The molecule has 0 spiro atoms. The van der Waals surface area contributed by atoms with Gasteiger partial charge in [0.1, 0.15) is 9.66 Å². The Labute approximate surface area is 194 Å². The van der Waals surface area contributed by atoms with Gasteiger partial charge < -0.3 is 9.55 Å². The summed E-state index contributed by atoms with van der Waals surface area (Å²) in [5.41, 5.74) is 2.13. The highest BCUT2D eigenvalue weighted by Gasteiger charge is 2.28. The average Bonchev–Trinajstić information content (AvgIpc) is 3.40. The first-order valence-electron chi connectivity index (χ1n) is 10.3. The summed E-state index contributed by atoms with van der Waals surface area (Å²) in [4.78, 5) is 41.9. The molecule has 160 valence electrons. The summed E-state index contributed by atoms with van der Waals surface area (Å²) < 4.78 is 2.22. The van der Waals surface area contributed by atoms with Crippen LogP contribution in [-0.4, -0.2) is 31.0 Å². The Kier molecular flexibility index (Phi) is 4.82. The molecular formula is C21H20N4O2S4. The molecule has 0 radical (unpaired) electrons. The molecule has 5 heterocycles. The molecule has 4 aromatic rings. The fourth-order valence-corrected chi connectivity index (χ4v) is 9.31. The highest BCUT2D eigenvalue weighted by Crippen LogP contribution is 2.40. The van der Waals surface area contributed by atoms with E-state index in [0.717, 1.165) is 66.8 Å². The molecule has 6 nitrogen and oxygen atoms in total. The molecule has 4 aromatic heterocycles. The van der Waals surface area contributed by atoms with Crippen molar-refractivity contribution < 1.29 is 0 Å². The third kappa shape index (κ3) is 3.13. The van der Waals surface area contributed by atoms with Gasteiger partial charge in [0.2, 0.25) is 0 Å². The Morgan fingerprint density at radius 3 is 2.84 bits per heavy atom. The SMILES string of the molecule is Cc1sc2c(c1C)c(=O)nc1n2C(CSc2nc3sc4c(c3c(=O)[nH]2)CCCC4)CS1. The number of aryl methyl sites for hydroxylation is 4. The van der Waals surface area contributed by atoms with Crippen molar-refractivity contribution in [3.63, 3.8) is 0 Å². The van der Waals surface area contributed by atoms with Gasteiger partial charge in [-0.05, 0) is 50.7 Å². The predicted octanol–water partition coefficient (Wildman–Crippen LogP) is 4.69. The number of aromatic amines is 1. The fourth-order valence-electron chi connectivity index (χ4n) is 4.49. The number of H-pyrrole nitrogens is 1. The third-order valence-electron chi connectivity index (χ3n) is 6.19. The summed E-state index contributed by atoms with van der Waals surface area (Å²) in [5, 5.41) is 3.03. The molecule has 0 saturated carbocycles. The summed E-state index contributed by atoms with van der Waals surface area (Å²) in [7, 11) is 0. The zero-order valence-corrected chi connectivity index (χ0v) is 20.4. The Balaban J connectivity index is 1.34. The van der Waals surface area contributed by atoms with Crippen molar-refractivity contribution in [1.29, 1.82) is 0 Å². The normalized spacial score (nSPS) is 18.1. The molecule has 0 amide bonds. The van der Waals surface area contributed by atoms with Gasteiger partial charge in [0.05, 0.1) is 16.8 Å². The van der Waals surface area contributed by atoms with Gasteiger partial charge in [-0.3, -0.25) is 9.59 Å². The summed E-state index contributed by atoms with van der Waals surface area (Å²) in [5.74, 6) is 1.64. The number of nitrogens with one attached hydrogen (secondary N) is 1. The Morgan fingerprint density at radius 1 is 1.13 bits per heavy atom. The molecule has 10 heteroatoms. The van der Waals surface area contributed by atoms with Crippen LogP contribution in [0.25, 0.3) is 20.4 Å². The molecule has 0 bridgehead atoms. The molecule has 0 saturated heterocycles. The predicted molar refractivity (Wildman–Crippen MR) is 131 cm³/mol. The minimum atomic E-state index is -0.123. The van der Waals surface area contributed by atoms with E-state index in [9.17, 15) is 9.59 Å². The van der Waals surface area contributed by atoms with E-state index >= 15 is 0 Å². The third-order valence-corrected chi connectivity index (χ3v) is 10.7. The van der Waals surface area contributed by atoms with E-state index in [1.54, 1.807) is 46.2 Å². The van der Waals surface area contributed by atoms with Gasteiger partial charge in [-0.15, -0.1) is 22.7 Å². The van der Waals surface area contributed by atoms with E-state index in [4.69, 9.17) is 4.98 Å². The van der Waals surface area contributed by atoms with Crippen LogP contribution in [0.1, 0.15) is 39.8 Å². The fraction of sp³-hybridized carbons (Fsp3) is 0.429. The molecule has 1 aliphatic heterocycles. The first-order chi connectivity index (χ1) is 15.0. The second-order valence-electron chi connectivity index (χ2n) is 8.07. The lowest BCUT2D eigenvalue weighted by Gasteiger charge is -2.14. The molecule has 1 aliphatic carbocycles. The average molecular weight is 489 g/mol. The van der Waals surface area contributed by atoms with Gasteiger partial charge in [0.25, 0.3) is 11.1 Å².